The van der Waals surface area contributed by atoms with Gasteiger partial charge in [-0.25, -0.2) is 0 Å². The minimum Gasteiger partial charge on any atom is -0.481 e. The third kappa shape index (κ3) is 28.2. The normalized spacial score (nSPS) is 25.0. The summed E-state index contributed by atoms with van der Waals surface area (Å²) in [6.45, 7) is 2.94. The lowest BCUT2D eigenvalue weighted by Crippen LogP contribution is -2.64. The number of amides is 15. The number of rotatable bonds is 20. The van der Waals surface area contributed by atoms with Gasteiger partial charge in [-0.05, 0) is 73.8 Å². The molecular weight excluding hydrogens is 1550 g/mol. The van der Waals surface area contributed by atoms with Crippen LogP contribution in [-0.4, -0.2) is 289 Å². The molecule has 2 heterocycles. The number of nitrogens with two attached hydrogens (primary N) is 1. The Labute approximate surface area is 678 Å². The van der Waals surface area contributed by atoms with Gasteiger partial charge in [0.1, 0.15) is 78.5 Å². The lowest BCUT2D eigenvalue weighted by atomic mass is 9.98. The molecule has 0 bridgehead atoms. The standard InChI is InChI=1S/C78H103N15O23S/c1-41(2)63-73(111)83-52(35-62(102)103)70(108)89-65(44(5)97)75(113)90-64(43(4)96)74(112)86-54(37-94)77(115)92(7)58(34-46-20-13-9-14-21-46)72(110)84-53(33-47-25-27-49(28-26-47)48-22-15-10-16-23-48)76(114)91(6)42(3)66(104)82-50(29-30-61(100)101)68(106)85-55(38-95)78(116)93-31-17-24-57(93)71(109)87-56(67(105)80-36-59(79)98)39-117-40-60(99)81-51(69(107)88-63)32-45-18-11-8-12-19-45/h8-16,18-23,25-28,41-44,50-58,63-65,94-97H,17,24,29-40H2,1-7H3,(H2,79,98)(H,80,105)(H,81,99)(H,82,104)(H,83,111)(H,84,110)(H,85,106)(H,86,112)(H,87,109)(H,88,107)(H,89,108)(H,90,113)(H,100,101)(H,102,103)/t42-,43+,44+,50-,51-,52-,53-,54-,55-,56-,57-,58-,63?,64-,65-/m0/s1. The predicted molar refractivity (Wildman–Crippen MR) is 420 cm³/mol. The Kier molecular flexibility index (Phi) is 36.4. The van der Waals surface area contributed by atoms with Gasteiger partial charge in [-0.1, -0.05) is 129 Å². The first kappa shape index (κ1) is 93.9. The van der Waals surface area contributed by atoms with Crippen molar-refractivity contribution in [2.75, 3.05) is 51.9 Å². The molecule has 6 rings (SSSR count). The van der Waals surface area contributed by atoms with Crippen molar-refractivity contribution in [3.63, 3.8) is 0 Å². The van der Waals surface area contributed by atoms with E-state index in [4.69, 9.17) is 5.73 Å². The number of carbonyl (C=O) groups excluding carboxylic acids is 15. The SMILES string of the molecule is CC(C)C1NC(=O)[C@H](Cc2ccccc2)NC(=O)CSC[C@@H](C(=O)NCC(N)=O)NC(=O)[C@@H]2CCCN2C(=O)[C@H](CO)NC(=O)[C@H](CCC(=O)O)NC(=O)[C@H](C)N(C)C(=O)[C@H](Cc2ccc(-c3ccccc3)cc2)NC(=O)[C@H](Cc2ccccc2)N(C)C(=O)[C@H](CO)NC(=O)[C@H]([C@@H](C)O)NC(=O)[C@H]([C@@H](C)O)NC(=O)[C@H](CC(=O)O)NC1=O. The molecule has 2 fully saturated rings. The first-order valence-corrected chi connectivity index (χ1v) is 38.8. The molecule has 1 unspecified atom stereocenters. The molecule has 2 saturated heterocycles. The smallest absolute Gasteiger partial charge is 0.305 e. The average Bonchev–Trinajstić information content (AvgIpc) is 1.26. The van der Waals surface area contributed by atoms with Crippen LogP contribution in [0.3, 0.4) is 0 Å². The molecule has 4 aromatic rings. The van der Waals surface area contributed by atoms with Crippen LogP contribution in [-0.2, 0) is 101 Å². The number of nitrogens with one attached hydrogen (secondary N) is 11. The van der Waals surface area contributed by atoms with Gasteiger partial charge in [0.15, 0.2) is 0 Å². The highest BCUT2D eigenvalue weighted by Gasteiger charge is 2.43. The largest absolute Gasteiger partial charge is 0.481 e. The zero-order valence-electron chi connectivity index (χ0n) is 65.6. The molecule has 0 aromatic heterocycles. The van der Waals surface area contributed by atoms with Crippen LogP contribution in [0.4, 0.5) is 0 Å². The fourth-order valence-corrected chi connectivity index (χ4v) is 13.6. The summed E-state index contributed by atoms with van der Waals surface area (Å²) in [5, 5.41) is 89.6. The molecule has 19 N–H and O–H groups in total. The molecular formula is C78H103N15O23S. The van der Waals surface area contributed by atoms with Gasteiger partial charge in [-0.3, -0.25) is 81.5 Å². The molecule has 117 heavy (non-hydrogen) atoms. The average molecular weight is 1650 g/mol. The van der Waals surface area contributed by atoms with Gasteiger partial charge in [0.25, 0.3) is 0 Å². The maximum absolute atomic E-state index is 15.2. The van der Waals surface area contributed by atoms with E-state index in [2.05, 4.69) is 58.5 Å². The number of hydrogen-bond acceptors (Lipinski definition) is 22. The van der Waals surface area contributed by atoms with Crippen LogP contribution in [0.25, 0.3) is 11.1 Å². The van der Waals surface area contributed by atoms with Crippen molar-refractivity contribution >= 4 is 112 Å². The summed E-state index contributed by atoms with van der Waals surface area (Å²) in [7, 11) is 2.31. The lowest BCUT2D eigenvalue weighted by Gasteiger charge is -2.34. The van der Waals surface area contributed by atoms with E-state index in [0.717, 1.165) is 58.5 Å². The molecule has 0 saturated carbocycles. The number of aliphatic hydroxyl groups is 4. The molecule has 0 aliphatic carbocycles. The highest BCUT2D eigenvalue weighted by Crippen LogP contribution is 2.23. The zero-order chi connectivity index (χ0) is 86.5. The molecule has 39 heteroatoms. The quantitative estimate of drug-likeness (QED) is 0.0394. The minimum absolute atomic E-state index is 0.0578. The Bertz CT molecular complexity index is 4190. The number of thioether (sulfide) groups is 1. The van der Waals surface area contributed by atoms with Crippen molar-refractivity contribution in [3.05, 3.63) is 132 Å². The van der Waals surface area contributed by atoms with Gasteiger partial charge in [0.2, 0.25) is 88.6 Å². The van der Waals surface area contributed by atoms with Crippen molar-refractivity contribution < 1.29 is 112 Å². The van der Waals surface area contributed by atoms with E-state index >= 15 is 9.59 Å². The highest BCUT2D eigenvalue weighted by molar-refractivity contribution is 8.00. The van der Waals surface area contributed by atoms with Crippen LogP contribution in [0.2, 0.25) is 0 Å². The number of carboxylic acid groups (broad SMARTS) is 2. The van der Waals surface area contributed by atoms with Crippen LogP contribution in [0.5, 0.6) is 0 Å². The molecule has 2 aliphatic rings. The Balaban J connectivity index is 1.41. The summed E-state index contributed by atoms with van der Waals surface area (Å²) in [6.07, 6.45) is -7.16. The predicted octanol–water partition coefficient (Wildman–Crippen LogP) is -5.02. The van der Waals surface area contributed by atoms with Gasteiger partial charge in [-0.2, -0.15) is 0 Å². The summed E-state index contributed by atoms with van der Waals surface area (Å²) < 4.78 is 0. The van der Waals surface area contributed by atoms with Gasteiger partial charge in [0.05, 0.1) is 44.1 Å². The Morgan fingerprint density at radius 2 is 0.957 bits per heavy atom. The Morgan fingerprint density at radius 3 is 1.51 bits per heavy atom. The number of likely N-dealkylation sites (N-methyl/N-ethyl adjacent to an activating group) is 2. The maximum Gasteiger partial charge on any atom is 0.305 e. The van der Waals surface area contributed by atoms with E-state index in [1.54, 1.807) is 84.9 Å². The van der Waals surface area contributed by atoms with Crippen molar-refractivity contribution in [2.24, 2.45) is 11.7 Å². The fourth-order valence-electron chi connectivity index (χ4n) is 12.7. The van der Waals surface area contributed by atoms with E-state index in [0.29, 0.717) is 16.7 Å². The molecule has 2 aliphatic heterocycles. The second-order valence-corrected chi connectivity index (χ2v) is 29.7. The number of carbonyl (C=O) groups is 17. The molecule has 0 spiro atoms. The summed E-state index contributed by atoms with van der Waals surface area (Å²) in [6, 6.07) is 9.21. The molecule has 0 radical (unpaired) electrons. The third-order valence-electron chi connectivity index (χ3n) is 19.4. The maximum atomic E-state index is 15.2. The van der Waals surface area contributed by atoms with Crippen LogP contribution in [0, 0.1) is 5.92 Å². The third-order valence-corrected chi connectivity index (χ3v) is 20.5. The Hall–Kier alpha value is -11.9. The number of aliphatic hydroxyl groups excluding tert-OH is 4. The van der Waals surface area contributed by atoms with Crippen LogP contribution in [0.1, 0.15) is 83.4 Å². The van der Waals surface area contributed by atoms with Gasteiger partial charge in [-0.15, -0.1) is 11.8 Å². The van der Waals surface area contributed by atoms with Crippen LogP contribution in [0.15, 0.2) is 115 Å². The van der Waals surface area contributed by atoms with Crippen molar-refractivity contribution in [2.45, 2.75) is 177 Å². The monoisotopic (exact) mass is 1650 g/mol. The Morgan fingerprint density at radius 1 is 0.496 bits per heavy atom. The van der Waals surface area contributed by atoms with E-state index < -0.39 is 248 Å². The second-order valence-electron chi connectivity index (χ2n) is 28.7. The summed E-state index contributed by atoms with van der Waals surface area (Å²) in [5.41, 5.74) is 8.26. The number of primary amides is 1. The van der Waals surface area contributed by atoms with Crippen molar-refractivity contribution in [3.8, 4) is 11.1 Å². The first-order chi connectivity index (χ1) is 55.4. The van der Waals surface area contributed by atoms with Gasteiger partial charge in [0, 0.05) is 52.1 Å². The summed E-state index contributed by atoms with van der Waals surface area (Å²) in [5.74, 6) is -21.7. The summed E-state index contributed by atoms with van der Waals surface area (Å²) >= 11 is 0.737. The first-order valence-electron chi connectivity index (χ1n) is 37.7. The lowest BCUT2D eigenvalue weighted by molar-refractivity contribution is -0.146. The van der Waals surface area contributed by atoms with E-state index in [-0.39, 0.29) is 38.6 Å². The van der Waals surface area contributed by atoms with E-state index in [1.165, 1.54) is 27.8 Å². The van der Waals surface area contributed by atoms with Crippen LogP contribution < -0.4 is 64.2 Å². The number of nitrogens with zero attached hydrogens (tertiary/aromatic N) is 3. The van der Waals surface area contributed by atoms with Gasteiger partial charge < -0.3 is 110 Å². The van der Waals surface area contributed by atoms with Crippen molar-refractivity contribution in [1.29, 1.82) is 0 Å². The number of benzene rings is 4. The number of hydrogen-bond donors (Lipinski definition) is 18. The van der Waals surface area contributed by atoms with Gasteiger partial charge >= 0.3 is 11.9 Å². The van der Waals surface area contributed by atoms with Crippen LogP contribution >= 0.6 is 11.8 Å². The molecule has 15 amide bonds. The second kappa shape index (κ2) is 45.4. The molecule has 15 atom stereocenters. The fraction of sp³-hybridized carbons (Fsp3) is 0.474. The zero-order valence-corrected chi connectivity index (χ0v) is 66.4. The molecule has 634 valence electrons. The number of fused-ring (bicyclic) bond motifs is 1. The molecule has 4 aromatic carbocycles. The minimum atomic E-state index is -2.13. The highest BCUT2D eigenvalue weighted by atomic mass is 32.2. The topological polar surface area (TPSA) is 580 Å². The van der Waals surface area contributed by atoms with E-state index in [9.17, 15) is 103 Å². The number of carboxylic acids is 2. The molecule has 38 nitrogen and oxygen atoms in total. The summed E-state index contributed by atoms with van der Waals surface area (Å²) in [4.78, 5) is 241. The number of aliphatic carboxylic acids is 2. The van der Waals surface area contributed by atoms with Crippen molar-refractivity contribution in [1.82, 2.24) is 73.2 Å². The van der Waals surface area contributed by atoms with E-state index in [1.807, 2.05) is 30.3 Å².